The van der Waals surface area contributed by atoms with Crippen LogP contribution in [0.1, 0.15) is 29.5 Å². The molecule has 0 amide bonds. The molecule has 4 aromatic rings. The molecule has 1 atom stereocenters. The summed E-state index contributed by atoms with van der Waals surface area (Å²) in [5, 5.41) is 14.4. The van der Waals surface area contributed by atoms with Gasteiger partial charge in [-0.3, -0.25) is 9.36 Å². The van der Waals surface area contributed by atoms with Crippen LogP contribution in [0.2, 0.25) is 0 Å². The van der Waals surface area contributed by atoms with E-state index in [1.165, 1.54) is 9.08 Å². The fourth-order valence-electron chi connectivity index (χ4n) is 4.03. The van der Waals surface area contributed by atoms with Crippen molar-refractivity contribution < 1.29 is 0 Å². The van der Waals surface area contributed by atoms with Crippen LogP contribution in [-0.4, -0.2) is 30.7 Å². The van der Waals surface area contributed by atoms with Crippen molar-refractivity contribution in [2.45, 2.75) is 19.4 Å². The summed E-state index contributed by atoms with van der Waals surface area (Å²) in [5.74, 6) is 1.00. The zero-order valence-corrected chi connectivity index (χ0v) is 17.1. The van der Waals surface area contributed by atoms with Gasteiger partial charge < -0.3 is 10.6 Å². The third-order valence-electron chi connectivity index (χ3n) is 5.61. The zero-order valence-electron chi connectivity index (χ0n) is 17.1. The predicted octanol–water partition coefficient (Wildman–Crippen LogP) is 2.54. The number of fused-ring (bicyclic) bond motifs is 1. The van der Waals surface area contributed by atoms with Gasteiger partial charge in [0, 0.05) is 12.7 Å². The van der Waals surface area contributed by atoms with E-state index in [2.05, 4.69) is 20.9 Å². The average Bonchev–Trinajstić information content (AvgIpc) is 3.17. The first kappa shape index (κ1) is 19.3. The van der Waals surface area contributed by atoms with Crippen molar-refractivity contribution in [3.05, 3.63) is 81.4 Å². The molecule has 1 saturated heterocycles. The van der Waals surface area contributed by atoms with Gasteiger partial charge in [0.2, 0.25) is 11.6 Å². The van der Waals surface area contributed by atoms with Gasteiger partial charge in [-0.1, -0.05) is 18.2 Å². The van der Waals surface area contributed by atoms with Gasteiger partial charge in [-0.2, -0.15) is 15.3 Å². The summed E-state index contributed by atoms with van der Waals surface area (Å²) in [4.78, 5) is 27.3. The van der Waals surface area contributed by atoms with Crippen LogP contribution in [0.4, 0.5) is 17.5 Å². The minimum atomic E-state index is -0.331. The lowest BCUT2D eigenvalue weighted by molar-refractivity contribution is 0.422. The topological polar surface area (TPSA) is 122 Å². The molecular formula is C22H17N9O. The summed E-state index contributed by atoms with van der Waals surface area (Å²) in [6, 6.07) is 12.6. The molecule has 2 N–H and O–H groups in total. The first-order chi connectivity index (χ1) is 15.5. The number of nitrogen functional groups attached to an aromatic ring is 1. The van der Waals surface area contributed by atoms with Gasteiger partial charge in [0.15, 0.2) is 11.6 Å². The fraction of sp³-hybridized carbons (Fsp3) is 0.182. The fourth-order valence-corrected chi connectivity index (χ4v) is 4.03. The molecule has 10 nitrogen and oxygen atoms in total. The van der Waals surface area contributed by atoms with E-state index in [0.29, 0.717) is 41.6 Å². The first-order valence-corrected chi connectivity index (χ1v) is 9.91. The second-order valence-electron chi connectivity index (χ2n) is 7.42. The normalized spacial score (nSPS) is 15.2. The third-order valence-corrected chi connectivity index (χ3v) is 5.61. The molecule has 0 aliphatic carbocycles. The van der Waals surface area contributed by atoms with Crippen molar-refractivity contribution in [1.82, 2.24) is 24.1 Å². The number of para-hydroxylation sites is 1. The van der Waals surface area contributed by atoms with Gasteiger partial charge in [-0.05, 0) is 31.5 Å². The number of nitrogens with zero attached hydrogens (tertiary/aromatic N) is 8. The van der Waals surface area contributed by atoms with Gasteiger partial charge in [0.1, 0.15) is 17.1 Å². The number of anilines is 2. The summed E-state index contributed by atoms with van der Waals surface area (Å²) in [6.45, 7) is 9.73. The summed E-state index contributed by atoms with van der Waals surface area (Å²) >= 11 is 0. The lowest BCUT2D eigenvalue weighted by Crippen LogP contribution is -2.45. The van der Waals surface area contributed by atoms with Gasteiger partial charge >= 0.3 is 0 Å². The Kier molecular flexibility index (Phi) is 4.35. The molecule has 0 saturated carbocycles. The molecule has 10 heteroatoms. The smallest absolute Gasteiger partial charge is 0.271 e. The Morgan fingerprint density at radius 1 is 1.25 bits per heavy atom. The highest BCUT2D eigenvalue weighted by Gasteiger charge is 2.37. The van der Waals surface area contributed by atoms with Gasteiger partial charge in [-0.25, -0.2) is 14.3 Å². The van der Waals surface area contributed by atoms with Gasteiger partial charge in [-0.15, -0.1) is 0 Å². The molecule has 0 bridgehead atoms. The maximum absolute atomic E-state index is 13.6. The molecule has 1 aliphatic heterocycles. The van der Waals surface area contributed by atoms with Crippen LogP contribution >= 0.6 is 0 Å². The predicted molar refractivity (Wildman–Crippen MR) is 118 cm³/mol. The second kappa shape index (κ2) is 7.22. The summed E-state index contributed by atoms with van der Waals surface area (Å²) < 4.78 is 2.98. The number of hydrogen-bond donors (Lipinski definition) is 1. The Labute approximate surface area is 182 Å². The monoisotopic (exact) mass is 423 g/mol. The molecule has 156 valence electrons. The number of nitrogens with two attached hydrogens (primary N) is 1. The van der Waals surface area contributed by atoms with Crippen LogP contribution in [0, 0.1) is 24.8 Å². The SMILES string of the molecule is [C-]#[N+]c1ccn2nc([C@@H]3CCN3c3nc(N)nc(C)c3C#N)n(-c3ccccc3)c(=O)c12. The van der Waals surface area contributed by atoms with E-state index in [0.717, 1.165) is 0 Å². The highest BCUT2D eigenvalue weighted by molar-refractivity contribution is 5.72. The largest absolute Gasteiger partial charge is 0.368 e. The number of nitriles is 1. The van der Waals surface area contributed by atoms with Crippen LogP contribution in [-0.2, 0) is 0 Å². The van der Waals surface area contributed by atoms with E-state index in [4.69, 9.17) is 17.4 Å². The van der Waals surface area contributed by atoms with Crippen LogP contribution in [0.3, 0.4) is 0 Å². The number of rotatable bonds is 3. The molecule has 1 aliphatic rings. The Morgan fingerprint density at radius 3 is 2.69 bits per heavy atom. The molecule has 5 rings (SSSR count). The Hall–Kier alpha value is -4.70. The number of hydrogen-bond acceptors (Lipinski definition) is 7. The van der Waals surface area contributed by atoms with Crippen molar-refractivity contribution in [2.75, 3.05) is 17.2 Å². The van der Waals surface area contributed by atoms with Crippen molar-refractivity contribution in [1.29, 1.82) is 5.26 Å². The highest BCUT2D eigenvalue weighted by atomic mass is 16.1. The molecule has 1 fully saturated rings. The van der Waals surface area contributed by atoms with E-state index in [9.17, 15) is 10.1 Å². The standard InChI is InChI=1S/C22H17N9O/c1-13-15(12-23)19(27-22(24)26-13)29-10-9-17(29)20-28-30-11-8-16(25-2)18(30)21(32)31(20)14-6-4-3-5-7-14/h3-8,11,17H,9-10H2,1H3,(H2,24,26,27)/t17-/m0/s1. The molecule has 0 spiro atoms. The maximum atomic E-state index is 13.6. The van der Waals surface area contributed by atoms with Crippen molar-refractivity contribution in [2.24, 2.45) is 0 Å². The van der Waals surface area contributed by atoms with Crippen molar-refractivity contribution in [3.8, 4) is 11.8 Å². The molecule has 3 aromatic heterocycles. The molecule has 4 heterocycles. The number of aromatic nitrogens is 5. The zero-order chi connectivity index (χ0) is 22.4. The summed E-state index contributed by atoms with van der Waals surface area (Å²) in [5.41, 5.74) is 7.48. The van der Waals surface area contributed by atoms with E-state index in [-0.39, 0.29) is 28.8 Å². The van der Waals surface area contributed by atoms with E-state index in [1.807, 2.05) is 35.2 Å². The lowest BCUT2D eigenvalue weighted by atomic mass is 10.0. The number of aryl methyl sites for hydroxylation is 1. The second-order valence-corrected chi connectivity index (χ2v) is 7.42. The summed E-state index contributed by atoms with van der Waals surface area (Å²) in [7, 11) is 0. The maximum Gasteiger partial charge on any atom is 0.271 e. The molecule has 32 heavy (non-hydrogen) atoms. The lowest BCUT2D eigenvalue weighted by Gasteiger charge is -2.42. The van der Waals surface area contributed by atoms with Gasteiger partial charge in [0.25, 0.3) is 5.56 Å². The Bertz CT molecular complexity index is 1510. The minimum Gasteiger partial charge on any atom is -0.368 e. The highest BCUT2D eigenvalue weighted by Crippen LogP contribution is 2.38. The van der Waals surface area contributed by atoms with E-state index in [1.54, 1.807) is 19.2 Å². The average molecular weight is 423 g/mol. The Morgan fingerprint density at radius 2 is 2.03 bits per heavy atom. The van der Waals surface area contributed by atoms with Crippen LogP contribution in [0.25, 0.3) is 16.0 Å². The Balaban J connectivity index is 1.75. The van der Waals surface area contributed by atoms with E-state index >= 15 is 0 Å². The quantitative estimate of drug-likeness (QED) is 0.502. The van der Waals surface area contributed by atoms with Gasteiger partial charge in [0.05, 0.1) is 24.0 Å². The van der Waals surface area contributed by atoms with Crippen LogP contribution < -0.4 is 16.2 Å². The molecule has 0 unspecified atom stereocenters. The molecule has 1 aromatic carbocycles. The van der Waals surface area contributed by atoms with Crippen LogP contribution in [0.15, 0.2) is 47.4 Å². The van der Waals surface area contributed by atoms with Crippen molar-refractivity contribution >= 4 is 23.0 Å². The minimum absolute atomic E-state index is 0.0816. The summed E-state index contributed by atoms with van der Waals surface area (Å²) in [6.07, 6.45) is 2.31. The third kappa shape index (κ3) is 2.78. The first-order valence-electron chi connectivity index (χ1n) is 9.91. The molecular weight excluding hydrogens is 406 g/mol. The van der Waals surface area contributed by atoms with Crippen molar-refractivity contribution in [3.63, 3.8) is 0 Å². The number of benzene rings is 1. The van der Waals surface area contributed by atoms with Crippen LogP contribution in [0.5, 0.6) is 0 Å². The molecule has 0 radical (unpaired) electrons. The van der Waals surface area contributed by atoms with E-state index < -0.39 is 0 Å².